The fourth-order valence-electron chi connectivity index (χ4n) is 2.52. The number of halogens is 1. The molecular formula is C20H25FN2O2. The highest BCUT2D eigenvalue weighted by Gasteiger charge is 2.21. The van der Waals surface area contributed by atoms with Crippen LogP contribution in [0.1, 0.15) is 25.0 Å². The van der Waals surface area contributed by atoms with E-state index < -0.39 is 0 Å². The van der Waals surface area contributed by atoms with E-state index in [-0.39, 0.29) is 17.3 Å². The van der Waals surface area contributed by atoms with Crippen LogP contribution in [0.3, 0.4) is 0 Å². The molecule has 0 unspecified atom stereocenters. The van der Waals surface area contributed by atoms with Crippen LogP contribution in [-0.2, 0) is 11.8 Å². The van der Waals surface area contributed by atoms with Crippen molar-refractivity contribution in [1.82, 2.24) is 10.6 Å². The first-order chi connectivity index (χ1) is 11.9. The number of rotatable bonds is 7. The number of hydrogen-bond donors (Lipinski definition) is 2. The van der Waals surface area contributed by atoms with Gasteiger partial charge in [-0.15, -0.1) is 0 Å². The summed E-state index contributed by atoms with van der Waals surface area (Å²) < 4.78 is 18.7. The SMILES string of the molecule is COc1ccc(C(C)(C)CNC(=O)NCCc2ccccc2F)cc1. The first-order valence-electron chi connectivity index (χ1n) is 8.32. The van der Waals surface area contributed by atoms with E-state index in [0.29, 0.717) is 25.1 Å². The minimum Gasteiger partial charge on any atom is -0.497 e. The van der Waals surface area contributed by atoms with Gasteiger partial charge in [-0.25, -0.2) is 9.18 Å². The monoisotopic (exact) mass is 344 g/mol. The van der Waals surface area contributed by atoms with E-state index in [9.17, 15) is 9.18 Å². The van der Waals surface area contributed by atoms with Crippen molar-refractivity contribution in [3.8, 4) is 5.75 Å². The summed E-state index contributed by atoms with van der Waals surface area (Å²) in [5.41, 5.74) is 1.50. The summed E-state index contributed by atoms with van der Waals surface area (Å²) >= 11 is 0. The van der Waals surface area contributed by atoms with Crippen molar-refractivity contribution in [2.45, 2.75) is 25.7 Å². The second-order valence-electron chi connectivity index (χ2n) is 6.56. The van der Waals surface area contributed by atoms with Gasteiger partial charge in [-0.1, -0.05) is 44.2 Å². The Balaban J connectivity index is 1.79. The molecule has 0 aliphatic heterocycles. The maximum absolute atomic E-state index is 13.5. The fraction of sp³-hybridized carbons (Fsp3) is 0.350. The molecule has 2 aromatic rings. The van der Waals surface area contributed by atoms with Gasteiger partial charge in [-0.05, 0) is 35.7 Å². The molecule has 5 heteroatoms. The lowest BCUT2D eigenvalue weighted by Gasteiger charge is -2.26. The molecule has 4 nitrogen and oxygen atoms in total. The van der Waals surface area contributed by atoms with Gasteiger partial charge < -0.3 is 15.4 Å². The van der Waals surface area contributed by atoms with Crippen molar-refractivity contribution in [2.75, 3.05) is 20.2 Å². The summed E-state index contributed by atoms with van der Waals surface area (Å²) in [5.74, 6) is 0.559. The van der Waals surface area contributed by atoms with Crippen LogP contribution in [0.5, 0.6) is 5.75 Å². The average Bonchev–Trinajstić information content (AvgIpc) is 2.62. The smallest absolute Gasteiger partial charge is 0.314 e. The van der Waals surface area contributed by atoms with Crippen molar-refractivity contribution < 1.29 is 13.9 Å². The van der Waals surface area contributed by atoms with E-state index in [4.69, 9.17) is 4.74 Å². The first kappa shape index (κ1) is 18.8. The molecule has 0 bridgehead atoms. The molecule has 2 amide bonds. The van der Waals surface area contributed by atoms with Gasteiger partial charge in [0, 0.05) is 18.5 Å². The van der Waals surface area contributed by atoms with Crippen LogP contribution in [0, 0.1) is 5.82 Å². The topological polar surface area (TPSA) is 50.4 Å². The summed E-state index contributed by atoms with van der Waals surface area (Å²) in [6.45, 7) is 5.00. The second-order valence-corrected chi connectivity index (χ2v) is 6.56. The number of amides is 2. The summed E-state index contributed by atoms with van der Waals surface area (Å²) in [7, 11) is 1.63. The van der Waals surface area contributed by atoms with Gasteiger partial charge in [-0.2, -0.15) is 0 Å². The van der Waals surface area contributed by atoms with Crippen LogP contribution in [0.15, 0.2) is 48.5 Å². The van der Waals surface area contributed by atoms with Crippen LogP contribution in [0.4, 0.5) is 9.18 Å². The number of urea groups is 1. The molecule has 0 saturated heterocycles. The van der Waals surface area contributed by atoms with Gasteiger partial charge in [0.05, 0.1) is 7.11 Å². The maximum atomic E-state index is 13.5. The molecule has 2 aromatic carbocycles. The van der Waals surface area contributed by atoms with Gasteiger partial charge in [0.25, 0.3) is 0 Å². The molecule has 0 atom stereocenters. The van der Waals surface area contributed by atoms with Gasteiger partial charge in [0.2, 0.25) is 0 Å². The largest absolute Gasteiger partial charge is 0.497 e. The number of nitrogens with one attached hydrogen (secondary N) is 2. The number of hydrogen-bond acceptors (Lipinski definition) is 2. The Kier molecular flexibility index (Phi) is 6.39. The van der Waals surface area contributed by atoms with Crippen LogP contribution < -0.4 is 15.4 Å². The second kappa shape index (κ2) is 8.51. The van der Waals surface area contributed by atoms with E-state index in [1.165, 1.54) is 6.07 Å². The third kappa shape index (κ3) is 5.48. The zero-order valence-corrected chi connectivity index (χ0v) is 14.9. The van der Waals surface area contributed by atoms with Crippen molar-refractivity contribution in [3.05, 3.63) is 65.5 Å². The average molecular weight is 344 g/mol. The number of benzene rings is 2. The van der Waals surface area contributed by atoms with E-state index in [1.54, 1.807) is 25.3 Å². The number of carbonyl (C=O) groups excluding carboxylic acids is 1. The Bertz CT molecular complexity index is 699. The van der Waals surface area contributed by atoms with Gasteiger partial charge in [0.15, 0.2) is 0 Å². The molecule has 0 radical (unpaired) electrons. The maximum Gasteiger partial charge on any atom is 0.314 e. The summed E-state index contributed by atoms with van der Waals surface area (Å²) in [6.07, 6.45) is 0.460. The predicted molar refractivity (Wildman–Crippen MR) is 97.5 cm³/mol. The van der Waals surface area contributed by atoms with Crippen LogP contribution in [0.25, 0.3) is 0 Å². The van der Waals surface area contributed by atoms with E-state index in [1.807, 2.05) is 24.3 Å². The van der Waals surface area contributed by atoms with E-state index in [2.05, 4.69) is 24.5 Å². The molecule has 0 fully saturated rings. The molecule has 0 spiro atoms. The first-order valence-corrected chi connectivity index (χ1v) is 8.32. The standard InChI is InChI=1S/C20H25FN2O2/c1-20(2,16-8-10-17(25-3)11-9-16)14-23-19(24)22-13-12-15-6-4-5-7-18(15)21/h4-11H,12-14H2,1-3H3,(H2,22,23,24). The predicted octanol–water partition coefficient (Wildman–Crippen LogP) is 3.65. The Morgan fingerprint density at radius 3 is 2.40 bits per heavy atom. The molecule has 25 heavy (non-hydrogen) atoms. The number of ether oxygens (including phenoxy) is 1. The highest BCUT2D eigenvalue weighted by molar-refractivity contribution is 5.74. The minimum absolute atomic E-state index is 0.213. The van der Waals surface area contributed by atoms with E-state index in [0.717, 1.165) is 11.3 Å². The highest BCUT2D eigenvalue weighted by Crippen LogP contribution is 2.24. The molecule has 2 rings (SSSR count). The summed E-state index contributed by atoms with van der Waals surface area (Å²) in [4.78, 5) is 12.0. The minimum atomic E-state index is -0.252. The zero-order valence-electron chi connectivity index (χ0n) is 14.9. The zero-order chi connectivity index (χ0) is 18.3. The quantitative estimate of drug-likeness (QED) is 0.805. The Labute approximate surface area is 148 Å². The molecular weight excluding hydrogens is 319 g/mol. The summed E-state index contributed by atoms with van der Waals surface area (Å²) in [5, 5.41) is 5.64. The van der Waals surface area contributed by atoms with Crippen LogP contribution >= 0.6 is 0 Å². The Morgan fingerprint density at radius 1 is 1.08 bits per heavy atom. The fourth-order valence-corrected chi connectivity index (χ4v) is 2.52. The molecule has 0 aromatic heterocycles. The lowest BCUT2D eigenvalue weighted by atomic mass is 9.84. The van der Waals surface area contributed by atoms with Crippen molar-refractivity contribution in [1.29, 1.82) is 0 Å². The normalized spacial score (nSPS) is 11.0. The lowest BCUT2D eigenvalue weighted by molar-refractivity contribution is 0.238. The number of carbonyl (C=O) groups is 1. The van der Waals surface area contributed by atoms with Gasteiger partial charge >= 0.3 is 6.03 Å². The van der Waals surface area contributed by atoms with Crippen molar-refractivity contribution >= 4 is 6.03 Å². The lowest BCUT2D eigenvalue weighted by Crippen LogP contribution is -2.42. The third-order valence-corrected chi connectivity index (χ3v) is 4.20. The van der Waals surface area contributed by atoms with Crippen LogP contribution in [-0.4, -0.2) is 26.2 Å². The molecule has 2 N–H and O–H groups in total. The van der Waals surface area contributed by atoms with E-state index >= 15 is 0 Å². The third-order valence-electron chi connectivity index (χ3n) is 4.20. The Hall–Kier alpha value is -2.56. The van der Waals surface area contributed by atoms with Crippen molar-refractivity contribution in [2.24, 2.45) is 0 Å². The Morgan fingerprint density at radius 2 is 1.76 bits per heavy atom. The molecule has 134 valence electrons. The molecule has 0 aliphatic rings. The molecule has 0 aliphatic carbocycles. The van der Waals surface area contributed by atoms with Crippen LogP contribution in [0.2, 0.25) is 0 Å². The molecule has 0 heterocycles. The molecule has 0 saturated carbocycles. The van der Waals surface area contributed by atoms with Gasteiger partial charge in [0.1, 0.15) is 11.6 Å². The highest BCUT2D eigenvalue weighted by atomic mass is 19.1. The number of methoxy groups -OCH3 is 1. The van der Waals surface area contributed by atoms with Gasteiger partial charge in [-0.3, -0.25) is 0 Å². The summed E-state index contributed by atoms with van der Waals surface area (Å²) in [6, 6.07) is 14.1. The van der Waals surface area contributed by atoms with Crippen molar-refractivity contribution in [3.63, 3.8) is 0 Å².